The monoisotopic (exact) mass is 256 g/mol. The molecule has 0 aliphatic rings. The lowest BCUT2D eigenvalue weighted by Gasteiger charge is -2.10. The van der Waals surface area contributed by atoms with E-state index in [1.165, 1.54) is 7.04 Å². The Labute approximate surface area is 67.6 Å². The lowest BCUT2D eigenvalue weighted by Crippen LogP contribution is -1.23. The van der Waals surface area contributed by atoms with Crippen molar-refractivity contribution in [2.45, 2.75) is 0 Å². The van der Waals surface area contributed by atoms with Crippen LogP contribution in [0.1, 0.15) is 0 Å². The zero-order chi connectivity index (χ0) is 6.57. The topological polar surface area (TPSA) is 0 Å². The van der Waals surface area contributed by atoms with Gasteiger partial charge in [-0.15, -0.1) is 26.8 Å². The van der Waals surface area contributed by atoms with Crippen molar-refractivity contribution in [3.63, 3.8) is 0 Å². The third-order valence-corrected chi connectivity index (χ3v) is 33.3. The van der Waals surface area contributed by atoms with Crippen LogP contribution < -0.4 is 0 Å². The molecule has 0 heterocycles. The van der Waals surface area contributed by atoms with Gasteiger partial charge in [0.1, 0.15) is 0 Å². The summed E-state index contributed by atoms with van der Waals surface area (Å²) in [5, 5.41) is 0. The van der Waals surface area contributed by atoms with Crippen molar-refractivity contribution in [2.75, 3.05) is 0 Å². The maximum atomic E-state index is 4.93. The van der Waals surface area contributed by atoms with Gasteiger partial charge in [-0.05, 0) is 6.99 Å². The molecule has 0 radical (unpaired) electrons. The second kappa shape index (κ2) is 6.79. The smallest absolute Gasteiger partial charge is 0.0172 e. The Morgan fingerprint density at radius 3 is 2.00 bits per heavy atom. The predicted molar refractivity (Wildman–Crippen MR) is 65.6 cm³/mol. The number of hydrogen-bond donors (Lipinski definition) is 0. The lowest BCUT2D eigenvalue weighted by atomic mass is 28.9. The van der Waals surface area contributed by atoms with E-state index in [-0.39, 0.29) is 14.0 Å². The molecule has 0 aromatic rings. The highest BCUT2D eigenvalue weighted by Crippen LogP contribution is 2.93. The highest BCUT2D eigenvalue weighted by molar-refractivity contribution is 9.00. The summed E-state index contributed by atoms with van der Waals surface area (Å²) in [5.74, 6) is 0. The van der Waals surface area contributed by atoms with Gasteiger partial charge in [-0.25, -0.2) is 0 Å². The van der Waals surface area contributed by atoms with Gasteiger partial charge >= 0.3 is 0 Å². The van der Waals surface area contributed by atoms with Crippen LogP contribution in [0.25, 0.3) is 0 Å². The van der Waals surface area contributed by atoms with Gasteiger partial charge in [-0.1, -0.05) is 19.8 Å². The standard InChI is InChI=1S/H7P7S/c1-4-7(5-8)6(2)3/h4H,1-3H2. The number of rotatable bonds is 3. The minimum absolute atomic E-state index is 0.109. The first kappa shape index (κ1) is 11.1. The molecule has 48 valence electrons. The van der Waals surface area contributed by atoms with Gasteiger partial charge in [-0.3, -0.25) is 0 Å². The van der Waals surface area contributed by atoms with Crippen LogP contribution in [0.3, 0.4) is 0 Å². The SMILES string of the molecule is PPP(P=S)P(P)P. The largest absolute Gasteiger partial charge is 0.109 e. The van der Waals surface area contributed by atoms with Crippen molar-refractivity contribution >= 4 is 67.6 Å². The second-order valence-electron chi connectivity index (χ2n) is 0.880. The molecular weight excluding hydrogens is 249 g/mol. The quantitative estimate of drug-likeness (QED) is 0.683. The molecule has 5 atom stereocenters. The summed E-state index contributed by atoms with van der Waals surface area (Å²) in [4.78, 5) is 0. The van der Waals surface area contributed by atoms with E-state index in [1.54, 1.807) is 0 Å². The Hall–Kier alpha value is 3.10. The minimum Gasteiger partial charge on any atom is -0.109 e. The van der Waals surface area contributed by atoms with E-state index in [4.69, 9.17) is 11.8 Å². The van der Waals surface area contributed by atoms with Gasteiger partial charge in [0, 0.05) is 14.0 Å². The zero-order valence-electron chi connectivity index (χ0n) is 3.98. The van der Waals surface area contributed by atoms with E-state index >= 15 is 0 Å². The van der Waals surface area contributed by atoms with Crippen LogP contribution in [0.2, 0.25) is 0 Å². The van der Waals surface area contributed by atoms with Gasteiger partial charge < -0.3 is 0 Å². The summed E-state index contributed by atoms with van der Waals surface area (Å²) in [7, 11) is 10.6. The Morgan fingerprint density at radius 1 is 1.50 bits per heavy atom. The van der Waals surface area contributed by atoms with E-state index in [0.717, 1.165) is 7.96 Å². The minimum atomic E-state index is 0.109. The van der Waals surface area contributed by atoms with E-state index in [2.05, 4.69) is 26.8 Å². The lowest BCUT2D eigenvalue weighted by molar-refractivity contribution is 4.85. The maximum absolute atomic E-state index is 4.93. The first-order valence-electron chi connectivity index (χ1n) is 1.61. The fourth-order valence-corrected chi connectivity index (χ4v) is 32.2. The molecule has 0 fully saturated rings. The summed E-state index contributed by atoms with van der Waals surface area (Å²) in [6.07, 6.45) is 0. The van der Waals surface area contributed by atoms with Crippen LogP contribution in [-0.4, -0.2) is 0 Å². The van der Waals surface area contributed by atoms with Crippen LogP contribution in [0.15, 0.2) is 0 Å². The number of hydrogen-bond acceptors (Lipinski definition) is 1. The molecule has 8 heavy (non-hydrogen) atoms. The van der Waals surface area contributed by atoms with Crippen molar-refractivity contribution in [1.29, 1.82) is 0 Å². The predicted octanol–water partition coefficient (Wildman–Crippen LogP) is 4.15. The third-order valence-electron chi connectivity index (χ3n) is 0.412. The molecule has 0 saturated carbocycles. The van der Waals surface area contributed by atoms with Gasteiger partial charge in [0.15, 0.2) is 0 Å². The van der Waals surface area contributed by atoms with Gasteiger partial charge in [0.05, 0.1) is 0 Å². The Morgan fingerprint density at radius 2 is 2.00 bits per heavy atom. The first-order valence-corrected chi connectivity index (χ1v) is 14.5. The van der Waals surface area contributed by atoms with Crippen LogP contribution in [0.4, 0.5) is 0 Å². The van der Waals surface area contributed by atoms with Crippen LogP contribution >= 0.6 is 55.8 Å². The molecule has 0 aromatic heterocycles. The van der Waals surface area contributed by atoms with Crippen LogP contribution in [0.5, 0.6) is 0 Å². The van der Waals surface area contributed by atoms with Crippen molar-refractivity contribution in [3.8, 4) is 0 Å². The van der Waals surface area contributed by atoms with E-state index in [0.29, 0.717) is 0 Å². The van der Waals surface area contributed by atoms with E-state index < -0.39 is 0 Å². The summed E-state index contributed by atoms with van der Waals surface area (Å²) in [6, 6.07) is 0. The first-order chi connectivity index (χ1) is 3.72. The molecule has 0 amide bonds. The molecular formula is H7P7S. The van der Waals surface area contributed by atoms with Crippen molar-refractivity contribution < 1.29 is 0 Å². The third kappa shape index (κ3) is 4.85. The molecule has 0 N–H and O–H groups in total. The fourth-order valence-electron chi connectivity index (χ4n) is 0.132. The fraction of sp³-hybridized carbons (Fsp3) is 0. The molecule has 0 saturated heterocycles. The summed E-state index contributed by atoms with van der Waals surface area (Å²) < 4.78 is 0. The van der Waals surface area contributed by atoms with E-state index in [9.17, 15) is 0 Å². The van der Waals surface area contributed by atoms with Crippen LogP contribution in [0, 0.1) is 0 Å². The molecule has 0 aromatic carbocycles. The molecule has 5 unspecified atom stereocenters. The van der Waals surface area contributed by atoms with Gasteiger partial charge in [0.2, 0.25) is 0 Å². The zero-order valence-corrected chi connectivity index (χ0v) is 11.9. The highest BCUT2D eigenvalue weighted by Gasteiger charge is 2.05. The van der Waals surface area contributed by atoms with Gasteiger partial charge in [-0.2, -0.15) is 0 Å². The van der Waals surface area contributed by atoms with Crippen molar-refractivity contribution in [2.24, 2.45) is 0 Å². The Balaban J connectivity index is 3.51. The van der Waals surface area contributed by atoms with E-state index in [1.807, 2.05) is 0 Å². The molecule has 0 aliphatic heterocycles. The molecule has 0 rings (SSSR count). The van der Waals surface area contributed by atoms with Crippen molar-refractivity contribution in [3.05, 3.63) is 0 Å². The van der Waals surface area contributed by atoms with Gasteiger partial charge in [0.25, 0.3) is 0 Å². The Kier molecular flexibility index (Phi) is 9.42. The summed E-state index contributed by atoms with van der Waals surface area (Å²) in [5.41, 5.74) is 0. The molecule has 0 spiro atoms. The summed E-state index contributed by atoms with van der Waals surface area (Å²) >= 11 is 4.93. The normalized spacial score (nSPS) is 16.5. The molecule has 0 aliphatic carbocycles. The maximum Gasteiger partial charge on any atom is 0.0172 e. The van der Waals surface area contributed by atoms with Crippen molar-refractivity contribution in [1.82, 2.24) is 0 Å². The Bertz CT molecular complexity index is 66.8. The summed E-state index contributed by atoms with van der Waals surface area (Å²) in [6.45, 7) is 0.262. The highest BCUT2D eigenvalue weighted by atomic mass is 33.1. The average Bonchev–Trinajstić information content (AvgIpc) is 1.69. The molecule has 0 nitrogen and oxygen atoms in total. The van der Waals surface area contributed by atoms with Crippen LogP contribution in [-0.2, 0) is 11.8 Å². The second-order valence-corrected chi connectivity index (χ2v) is 23.8. The molecule has 8 heteroatoms. The molecule has 0 bridgehead atoms. The average molecular weight is 256 g/mol.